The molecule has 6 nitrogen and oxygen atoms in total. The van der Waals surface area contributed by atoms with Crippen LogP contribution in [0.25, 0.3) is 0 Å². The monoisotopic (exact) mass is 246 g/mol. The molecule has 1 unspecified atom stereocenters. The number of nitro benzene ring substituents is 1. The Morgan fingerprint density at radius 2 is 2.39 bits per heavy atom. The molecule has 0 aromatic heterocycles. The number of rotatable bonds is 3. The Bertz CT molecular complexity index is 515. The molecule has 1 aliphatic rings. The molecule has 2 rings (SSSR count). The van der Waals surface area contributed by atoms with Gasteiger partial charge in [0.25, 0.3) is 5.69 Å². The standard InChI is InChI=1S/C12H14N4O2/c1-12(4-5-14-8-12)15-11-3-2-10(16(17)18)6-9(11)7-13/h2-3,6,14-15H,4-5,8H2,1H3. The van der Waals surface area contributed by atoms with Gasteiger partial charge in [0, 0.05) is 24.2 Å². The zero-order chi connectivity index (χ0) is 13.2. The molecule has 0 bridgehead atoms. The van der Waals surface area contributed by atoms with Gasteiger partial charge in [0.05, 0.1) is 16.2 Å². The van der Waals surface area contributed by atoms with Crippen molar-refractivity contribution in [2.75, 3.05) is 18.4 Å². The number of nitriles is 1. The Balaban J connectivity index is 2.28. The van der Waals surface area contributed by atoms with Gasteiger partial charge in [-0.25, -0.2) is 0 Å². The fraction of sp³-hybridized carbons (Fsp3) is 0.417. The highest BCUT2D eigenvalue weighted by Gasteiger charge is 2.29. The smallest absolute Gasteiger partial charge is 0.270 e. The molecule has 0 saturated carbocycles. The maximum atomic E-state index is 10.7. The summed E-state index contributed by atoms with van der Waals surface area (Å²) in [6.45, 7) is 3.81. The number of nitrogens with zero attached hydrogens (tertiary/aromatic N) is 2. The molecular formula is C12H14N4O2. The van der Waals surface area contributed by atoms with Gasteiger partial charge in [-0.15, -0.1) is 0 Å². The number of non-ortho nitro benzene ring substituents is 1. The Morgan fingerprint density at radius 3 is 2.94 bits per heavy atom. The van der Waals surface area contributed by atoms with Crippen LogP contribution in [-0.4, -0.2) is 23.6 Å². The molecule has 18 heavy (non-hydrogen) atoms. The van der Waals surface area contributed by atoms with Crippen molar-refractivity contribution in [3.8, 4) is 6.07 Å². The van der Waals surface area contributed by atoms with E-state index in [1.807, 2.05) is 6.07 Å². The number of anilines is 1. The van der Waals surface area contributed by atoms with Crippen molar-refractivity contribution in [3.63, 3.8) is 0 Å². The summed E-state index contributed by atoms with van der Waals surface area (Å²) in [5.74, 6) is 0. The fourth-order valence-corrected chi connectivity index (χ4v) is 2.10. The Hall–Kier alpha value is -2.13. The Morgan fingerprint density at radius 1 is 1.61 bits per heavy atom. The van der Waals surface area contributed by atoms with E-state index in [1.165, 1.54) is 12.1 Å². The summed E-state index contributed by atoms with van der Waals surface area (Å²) < 4.78 is 0. The zero-order valence-corrected chi connectivity index (χ0v) is 10.1. The average molecular weight is 246 g/mol. The molecule has 2 N–H and O–H groups in total. The van der Waals surface area contributed by atoms with Crippen molar-refractivity contribution >= 4 is 11.4 Å². The Kier molecular flexibility index (Phi) is 3.17. The van der Waals surface area contributed by atoms with E-state index in [0.29, 0.717) is 11.3 Å². The zero-order valence-electron chi connectivity index (χ0n) is 10.1. The molecular weight excluding hydrogens is 232 g/mol. The fourth-order valence-electron chi connectivity index (χ4n) is 2.10. The summed E-state index contributed by atoms with van der Waals surface area (Å²) in [6, 6.07) is 6.30. The van der Waals surface area contributed by atoms with E-state index in [2.05, 4.69) is 17.6 Å². The van der Waals surface area contributed by atoms with E-state index in [0.717, 1.165) is 19.5 Å². The highest BCUT2D eigenvalue weighted by atomic mass is 16.6. The molecule has 0 spiro atoms. The van der Waals surface area contributed by atoms with Crippen molar-refractivity contribution in [1.82, 2.24) is 5.32 Å². The van der Waals surface area contributed by atoms with E-state index >= 15 is 0 Å². The minimum Gasteiger partial charge on any atom is -0.377 e. The largest absolute Gasteiger partial charge is 0.377 e. The predicted molar refractivity (Wildman–Crippen MR) is 67.3 cm³/mol. The summed E-state index contributed by atoms with van der Waals surface area (Å²) in [4.78, 5) is 10.2. The van der Waals surface area contributed by atoms with E-state index in [1.54, 1.807) is 6.07 Å². The van der Waals surface area contributed by atoms with Crippen LogP contribution in [0.2, 0.25) is 0 Å². The first-order chi connectivity index (χ1) is 8.54. The SMILES string of the molecule is CC1(Nc2ccc([N+](=O)[O-])cc2C#N)CCNC1. The lowest BCUT2D eigenvalue weighted by Gasteiger charge is -2.26. The van der Waals surface area contributed by atoms with Crippen LogP contribution in [0.3, 0.4) is 0 Å². The van der Waals surface area contributed by atoms with E-state index < -0.39 is 4.92 Å². The molecule has 0 amide bonds. The first kappa shape index (κ1) is 12.3. The van der Waals surface area contributed by atoms with Gasteiger partial charge in [0.2, 0.25) is 0 Å². The van der Waals surface area contributed by atoms with Crippen molar-refractivity contribution in [2.24, 2.45) is 0 Å². The lowest BCUT2D eigenvalue weighted by Crippen LogP contribution is -2.37. The summed E-state index contributed by atoms with van der Waals surface area (Å²) in [7, 11) is 0. The molecule has 0 aliphatic carbocycles. The molecule has 1 saturated heterocycles. The summed E-state index contributed by atoms with van der Waals surface area (Å²) in [5, 5.41) is 26.2. The minimum atomic E-state index is -0.497. The maximum absolute atomic E-state index is 10.7. The predicted octanol–water partition coefficient (Wildman–Crippen LogP) is 1.63. The molecule has 1 aliphatic heterocycles. The second-order valence-electron chi connectivity index (χ2n) is 4.71. The minimum absolute atomic E-state index is 0.0631. The second-order valence-corrected chi connectivity index (χ2v) is 4.71. The van der Waals surface area contributed by atoms with Gasteiger partial charge in [-0.05, 0) is 26.0 Å². The van der Waals surface area contributed by atoms with Crippen LogP contribution in [0.1, 0.15) is 18.9 Å². The van der Waals surface area contributed by atoms with Gasteiger partial charge >= 0.3 is 0 Å². The van der Waals surface area contributed by atoms with Crippen molar-refractivity contribution in [1.29, 1.82) is 5.26 Å². The third kappa shape index (κ3) is 2.41. The van der Waals surface area contributed by atoms with E-state index in [4.69, 9.17) is 5.26 Å². The summed E-state index contributed by atoms with van der Waals surface area (Å²) in [6.07, 6.45) is 0.953. The number of nitro groups is 1. The van der Waals surface area contributed by atoms with Gasteiger partial charge in [-0.1, -0.05) is 0 Å². The van der Waals surface area contributed by atoms with Crippen LogP contribution in [0.5, 0.6) is 0 Å². The van der Waals surface area contributed by atoms with E-state index in [9.17, 15) is 10.1 Å². The highest BCUT2D eigenvalue weighted by molar-refractivity contribution is 5.62. The summed E-state index contributed by atoms with van der Waals surface area (Å²) >= 11 is 0. The number of hydrogen-bond donors (Lipinski definition) is 2. The van der Waals surface area contributed by atoms with Gasteiger partial charge in [-0.3, -0.25) is 10.1 Å². The lowest BCUT2D eigenvalue weighted by molar-refractivity contribution is -0.384. The van der Waals surface area contributed by atoms with Crippen LogP contribution in [0.4, 0.5) is 11.4 Å². The first-order valence-electron chi connectivity index (χ1n) is 5.71. The van der Waals surface area contributed by atoms with Crippen molar-refractivity contribution in [3.05, 3.63) is 33.9 Å². The molecule has 1 aromatic carbocycles. The molecule has 1 fully saturated rings. The van der Waals surface area contributed by atoms with Crippen LogP contribution < -0.4 is 10.6 Å². The average Bonchev–Trinajstić information content (AvgIpc) is 2.76. The van der Waals surface area contributed by atoms with Crippen molar-refractivity contribution in [2.45, 2.75) is 18.9 Å². The highest BCUT2D eigenvalue weighted by Crippen LogP contribution is 2.26. The molecule has 6 heteroatoms. The van der Waals surface area contributed by atoms with Gasteiger partial charge < -0.3 is 10.6 Å². The second kappa shape index (κ2) is 4.63. The number of hydrogen-bond acceptors (Lipinski definition) is 5. The number of nitrogens with one attached hydrogen (secondary N) is 2. The Labute approximate surface area is 105 Å². The van der Waals surface area contributed by atoms with Crippen molar-refractivity contribution < 1.29 is 4.92 Å². The normalized spacial score (nSPS) is 22.4. The summed E-state index contributed by atoms with van der Waals surface area (Å²) in [5.41, 5.74) is 0.778. The van der Waals surface area contributed by atoms with Gasteiger partial charge in [-0.2, -0.15) is 5.26 Å². The molecule has 1 atom stereocenters. The third-order valence-electron chi connectivity index (χ3n) is 3.14. The van der Waals surface area contributed by atoms with Crippen LogP contribution in [0.15, 0.2) is 18.2 Å². The van der Waals surface area contributed by atoms with Gasteiger partial charge in [0.15, 0.2) is 0 Å². The first-order valence-corrected chi connectivity index (χ1v) is 5.71. The van der Waals surface area contributed by atoms with Gasteiger partial charge in [0.1, 0.15) is 6.07 Å². The molecule has 94 valence electrons. The lowest BCUT2D eigenvalue weighted by atomic mass is 10.00. The van der Waals surface area contributed by atoms with Crippen LogP contribution >= 0.6 is 0 Å². The third-order valence-corrected chi connectivity index (χ3v) is 3.14. The topological polar surface area (TPSA) is 91.0 Å². The number of benzene rings is 1. The van der Waals surface area contributed by atoms with E-state index in [-0.39, 0.29) is 11.2 Å². The van der Waals surface area contributed by atoms with Crippen LogP contribution in [0, 0.1) is 21.4 Å². The molecule has 1 heterocycles. The maximum Gasteiger partial charge on any atom is 0.270 e. The quantitative estimate of drug-likeness (QED) is 0.624. The molecule has 0 radical (unpaired) electrons. The van der Waals surface area contributed by atoms with Crippen LogP contribution in [-0.2, 0) is 0 Å². The molecule has 1 aromatic rings.